The van der Waals surface area contributed by atoms with Gasteiger partial charge in [-0.15, -0.1) is 0 Å². The Morgan fingerprint density at radius 3 is 2.29 bits per heavy atom. The molecule has 0 aromatic carbocycles. The van der Waals surface area contributed by atoms with Crippen LogP contribution < -0.4 is 0 Å². The summed E-state index contributed by atoms with van der Waals surface area (Å²) in [6.07, 6.45) is 1.99. The summed E-state index contributed by atoms with van der Waals surface area (Å²) in [4.78, 5) is 11.2. The first-order valence-corrected chi connectivity index (χ1v) is 5.34. The maximum Gasteiger partial charge on any atom is 0.307 e. The first kappa shape index (κ1) is 11.5. The maximum atomic E-state index is 11.2. The fraction of sp³-hybridized carbons (Fsp3) is 0.909. The number of ether oxygens (including phenoxy) is 1. The van der Waals surface area contributed by atoms with E-state index in [-0.39, 0.29) is 17.3 Å². The lowest BCUT2D eigenvalue weighted by atomic mass is 9.66. The number of carbonyl (C=O) groups is 1. The van der Waals surface area contributed by atoms with E-state index in [0.29, 0.717) is 13.2 Å². The second-order valence-electron chi connectivity index (χ2n) is 4.67. The van der Waals surface area contributed by atoms with Crippen LogP contribution in [0, 0.1) is 17.3 Å². The first-order valence-electron chi connectivity index (χ1n) is 5.34. The van der Waals surface area contributed by atoms with Crippen molar-refractivity contribution in [3.05, 3.63) is 0 Å². The summed E-state index contributed by atoms with van der Waals surface area (Å²) in [5.41, 5.74) is -0.0885. The molecule has 82 valence electrons. The topological polar surface area (TPSA) is 46.5 Å². The zero-order valence-electron chi connectivity index (χ0n) is 9.25. The molecule has 0 amide bonds. The average molecular weight is 200 g/mol. The molecule has 1 atom stereocenters. The van der Waals surface area contributed by atoms with Crippen molar-refractivity contribution in [1.29, 1.82) is 0 Å². The van der Waals surface area contributed by atoms with Gasteiger partial charge in [0.2, 0.25) is 0 Å². The summed E-state index contributed by atoms with van der Waals surface area (Å²) < 4.78 is 5.21. The molecule has 0 spiro atoms. The highest BCUT2D eigenvalue weighted by molar-refractivity contribution is 5.71. The lowest BCUT2D eigenvalue weighted by Crippen LogP contribution is -2.52. The Labute approximate surface area is 85.5 Å². The van der Waals surface area contributed by atoms with Crippen LogP contribution in [0.15, 0.2) is 0 Å². The Balaban J connectivity index is 2.78. The summed E-state index contributed by atoms with van der Waals surface area (Å²) >= 11 is 0. The summed E-state index contributed by atoms with van der Waals surface area (Å²) in [7, 11) is 0. The third kappa shape index (κ3) is 1.92. The van der Waals surface area contributed by atoms with Crippen molar-refractivity contribution in [2.45, 2.75) is 33.6 Å². The monoisotopic (exact) mass is 200 g/mol. The quantitative estimate of drug-likeness (QED) is 0.739. The van der Waals surface area contributed by atoms with E-state index in [1.165, 1.54) is 0 Å². The molecule has 1 rings (SSSR count). The van der Waals surface area contributed by atoms with Crippen LogP contribution in [0.1, 0.15) is 33.6 Å². The van der Waals surface area contributed by atoms with Crippen LogP contribution in [0.2, 0.25) is 0 Å². The Kier molecular flexibility index (Phi) is 3.53. The van der Waals surface area contributed by atoms with Crippen LogP contribution in [0.5, 0.6) is 0 Å². The van der Waals surface area contributed by atoms with E-state index in [4.69, 9.17) is 4.74 Å². The molecule has 1 heterocycles. The standard InChI is InChI=1S/C11H20O3/c1-4-5-11(6-14-7-11)9(8(2)3)10(12)13/h8-9H,4-7H2,1-3H3,(H,12,13). The van der Waals surface area contributed by atoms with Crippen LogP contribution in [-0.4, -0.2) is 24.3 Å². The van der Waals surface area contributed by atoms with Crippen molar-refractivity contribution in [2.24, 2.45) is 17.3 Å². The van der Waals surface area contributed by atoms with Crippen molar-refractivity contribution in [3.63, 3.8) is 0 Å². The van der Waals surface area contributed by atoms with E-state index < -0.39 is 5.97 Å². The van der Waals surface area contributed by atoms with Gasteiger partial charge in [0.1, 0.15) is 0 Å². The van der Waals surface area contributed by atoms with Gasteiger partial charge >= 0.3 is 5.97 Å². The fourth-order valence-corrected chi connectivity index (χ4v) is 2.60. The number of carboxylic acid groups (broad SMARTS) is 1. The van der Waals surface area contributed by atoms with Crippen molar-refractivity contribution in [3.8, 4) is 0 Å². The van der Waals surface area contributed by atoms with E-state index in [2.05, 4.69) is 6.92 Å². The van der Waals surface area contributed by atoms with Crippen molar-refractivity contribution in [2.75, 3.05) is 13.2 Å². The minimum absolute atomic E-state index is 0.0885. The van der Waals surface area contributed by atoms with E-state index >= 15 is 0 Å². The van der Waals surface area contributed by atoms with Crippen LogP contribution in [0.25, 0.3) is 0 Å². The molecule has 0 radical (unpaired) electrons. The van der Waals surface area contributed by atoms with Crippen molar-refractivity contribution in [1.82, 2.24) is 0 Å². The number of hydrogen-bond donors (Lipinski definition) is 1. The van der Waals surface area contributed by atoms with Crippen LogP contribution in [0.4, 0.5) is 0 Å². The lowest BCUT2D eigenvalue weighted by Gasteiger charge is -2.47. The van der Waals surface area contributed by atoms with Gasteiger partial charge in [-0.2, -0.15) is 0 Å². The van der Waals surface area contributed by atoms with Gasteiger partial charge in [0.25, 0.3) is 0 Å². The molecule has 0 bridgehead atoms. The second kappa shape index (κ2) is 4.30. The molecule has 1 aliphatic rings. The molecule has 0 aromatic rings. The van der Waals surface area contributed by atoms with Crippen LogP contribution >= 0.6 is 0 Å². The highest BCUT2D eigenvalue weighted by atomic mass is 16.5. The van der Waals surface area contributed by atoms with E-state index in [9.17, 15) is 9.90 Å². The largest absolute Gasteiger partial charge is 0.481 e. The highest BCUT2D eigenvalue weighted by Gasteiger charge is 2.49. The molecular formula is C11H20O3. The molecule has 0 aliphatic carbocycles. The van der Waals surface area contributed by atoms with Gasteiger partial charge < -0.3 is 9.84 Å². The third-order valence-corrected chi connectivity index (χ3v) is 3.12. The summed E-state index contributed by atoms with van der Waals surface area (Å²) in [6.45, 7) is 7.30. The van der Waals surface area contributed by atoms with Gasteiger partial charge in [0.05, 0.1) is 19.1 Å². The molecule has 1 unspecified atom stereocenters. The summed E-state index contributed by atoms with van der Waals surface area (Å²) in [6, 6.07) is 0. The Bertz CT molecular complexity index is 207. The molecule has 1 fully saturated rings. The summed E-state index contributed by atoms with van der Waals surface area (Å²) in [5.74, 6) is -0.740. The molecule has 1 aliphatic heterocycles. The SMILES string of the molecule is CCCC1(C(C(=O)O)C(C)C)COC1. The normalized spacial score (nSPS) is 21.7. The predicted octanol–water partition coefficient (Wildman–Crippen LogP) is 2.16. The number of carboxylic acids is 1. The van der Waals surface area contributed by atoms with Crippen LogP contribution in [-0.2, 0) is 9.53 Å². The molecule has 1 N–H and O–H groups in total. The Morgan fingerprint density at radius 1 is 1.50 bits per heavy atom. The summed E-state index contributed by atoms with van der Waals surface area (Å²) in [5, 5.41) is 9.22. The molecule has 3 nitrogen and oxygen atoms in total. The van der Waals surface area contributed by atoms with Gasteiger partial charge in [-0.1, -0.05) is 27.2 Å². The molecule has 14 heavy (non-hydrogen) atoms. The highest BCUT2D eigenvalue weighted by Crippen LogP contribution is 2.43. The predicted molar refractivity (Wildman–Crippen MR) is 54.1 cm³/mol. The number of rotatable bonds is 5. The van der Waals surface area contributed by atoms with E-state index in [1.807, 2.05) is 13.8 Å². The Hall–Kier alpha value is -0.570. The smallest absolute Gasteiger partial charge is 0.307 e. The van der Waals surface area contributed by atoms with Gasteiger partial charge in [0.15, 0.2) is 0 Å². The average Bonchev–Trinajstić information content (AvgIpc) is 1.98. The minimum Gasteiger partial charge on any atom is -0.481 e. The van der Waals surface area contributed by atoms with Gasteiger partial charge in [-0.3, -0.25) is 4.79 Å². The minimum atomic E-state index is -0.670. The van der Waals surface area contributed by atoms with Gasteiger partial charge in [-0.05, 0) is 12.3 Å². The number of hydrogen-bond acceptors (Lipinski definition) is 2. The van der Waals surface area contributed by atoms with Crippen molar-refractivity contribution < 1.29 is 14.6 Å². The fourth-order valence-electron chi connectivity index (χ4n) is 2.60. The van der Waals surface area contributed by atoms with Crippen LogP contribution in [0.3, 0.4) is 0 Å². The van der Waals surface area contributed by atoms with Gasteiger partial charge in [-0.25, -0.2) is 0 Å². The zero-order chi connectivity index (χ0) is 10.8. The van der Waals surface area contributed by atoms with E-state index in [1.54, 1.807) is 0 Å². The zero-order valence-corrected chi connectivity index (χ0v) is 9.25. The molecule has 1 saturated heterocycles. The molecule has 0 aromatic heterocycles. The molecule has 0 saturated carbocycles. The number of aliphatic carboxylic acids is 1. The van der Waals surface area contributed by atoms with E-state index in [0.717, 1.165) is 12.8 Å². The third-order valence-electron chi connectivity index (χ3n) is 3.12. The first-order chi connectivity index (χ1) is 6.53. The van der Waals surface area contributed by atoms with Crippen molar-refractivity contribution >= 4 is 5.97 Å². The maximum absolute atomic E-state index is 11.2. The lowest BCUT2D eigenvalue weighted by molar-refractivity contribution is -0.184. The Morgan fingerprint density at radius 2 is 2.07 bits per heavy atom. The second-order valence-corrected chi connectivity index (χ2v) is 4.67. The molecule has 3 heteroatoms. The van der Waals surface area contributed by atoms with Gasteiger partial charge in [0, 0.05) is 5.41 Å². The molecular weight excluding hydrogens is 180 g/mol.